The lowest BCUT2D eigenvalue weighted by Gasteiger charge is -1.69. The smallest absolute Gasteiger partial charge is 0.119 e. The van der Waals surface area contributed by atoms with Crippen LogP contribution in [0.25, 0.3) is 0 Å². The molecule has 1 aromatic rings. The molecule has 0 bridgehead atoms. The Labute approximate surface area is 46.7 Å². The number of aromatic nitrogens is 3. The van der Waals surface area contributed by atoms with E-state index in [9.17, 15) is 0 Å². The second-order valence-corrected chi connectivity index (χ2v) is 0.794. The molecule has 0 fully saturated rings. The van der Waals surface area contributed by atoms with Crippen molar-refractivity contribution < 1.29 is 0 Å². The molecule has 5 nitrogen and oxygen atoms in total. The van der Waals surface area contributed by atoms with Crippen LogP contribution in [0, 0.1) is 0 Å². The van der Waals surface area contributed by atoms with Crippen LogP contribution in [0.4, 0.5) is 0 Å². The van der Waals surface area contributed by atoms with Crippen molar-refractivity contribution in [2.75, 3.05) is 0 Å². The molecule has 0 aliphatic rings. The minimum atomic E-state index is 1.44. The van der Waals surface area contributed by atoms with Crippen LogP contribution in [-0.2, 0) is 0 Å². The van der Waals surface area contributed by atoms with Crippen LogP contribution >= 0.6 is 0 Å². The number of nitrogens with zero attached hydrogens (tertiary/aromatic N) is 3. The van der Waals surface area contributed by atoms with Crippen LogP contribution in [0.5, 0.6) is 0 Å². The number of hydrazine groups is 1. The molecule has 5 heteroatoms. The van der Waals surface area contributed by atoms with Crippen molar-refractivity contribution in [3.8, 4) is 0 Å². The van der Waals surface area contributed by atoms with Crippen molar-refractivity contribution in [2.24, 2.45) is 11.7 Å². The molecule has 4 N–H and O–H groups in total. The van der Waals surface area contributed by atoms with Gasteiger partial charge in [0.15, 0.2) is 0 Å². The summed E-state index contributed by atoms with van der Waals surface area (Å²) in [6, 6.07) is 0. The highest BCUT2D eigenvalue weighted by molar-refractivity contribution is 4.51. The van der Waals surface area contributed by atoms with Crippen LogP contribution in [0.3, 0.4) is 0 Å². The normalized spacial score (nSPS) is 6.75. The monoisotopic (exact) mass is 113 g/mol. The van der Waals surface area contributed by atoms with Crippen LogP contribution in [0.15, 0.2) is 19.0 Å². The van der Waals surface area contributed by atoms with Crippen LogP contribution in [0.1, 0.15) is 0 Å². The molecule has 1 aromatic heterocycles. The van der Waals surface area contributed by atoms with Gasteiger partial charge in [0.1, 0.15) is 19.0 Å². The summed E-state index contributed by atoms with van der Waals surface area (Å²) in [4.78, 5) is 10.7. The summed E-state index contributed by atoms with van der Waals surface area (Å²) in [5.41, 5.74) is 0. The molecular formula is C3H7N5. The van der Waals surface area contributed by atoms with Gasteiger partial charge in [-0.25, -0.2) is 15.0 Å². The highest BCUT2D eigenvalue weighted by Gasteiger charge is 1.59. The average molecular weight is 113 g/mol. The summed E-state index contributed by atoms with van der Waals surface area (Å²) in [5.74, 6) is 8.00. The molecule has 0 aromatic carbocycles. The highest BCUT2D eigenvalue weighted by atomic mass is 15.0. The standard InChI is InChI=1S/C3H3N3.H4N2/c1-4-2-6-3-5-1;1-2/h1-3H;1-2H2. The molecular weight excluding hydrogens is 106 g/mol. The second-order valence-electron chi connectivity index (χ2n) is 0.794. The van der Waals surface area contributed by atoms with Gasteiger partial charge in [-0.15, -0.1) is 0 Å². The van der Waals surface area contributed by atoms with Gasteiger partial charge in [-0.2, -0.15) is 0 Å². The molecule has 1 rings (SSSR count). The average Bonchev–Trinajstić information content (AvgIpc) is 1.96. The van der Waals surface area contributed by atoms with Crippen molar-refractivity contribution in [3.05, 3.63) is 19.0 Å². The van der Waals surface area contributed by atoms with E-state index in [4.69, 9.17) is 0 Å². The fourth-order valence-corrected chi connectivity index (χ4v) is 0.205. The molecule has 1 heterocycles. The number of hydrogen-bond donors (Lipinski definition) is 2. The molecule has 0 radical (unpaired) electrons. The van der Waals surface area contributed by atoms with Gasteiger partial charge in [-0.3, -0.25) is 11.7 Å². The summed E-state index contributed by atoms with van der Waals surface area (Å²) in [6.45, 7) is 0. The van der Waals surface area contributed by atoms with Crippen molar-refractivity contribution in [2.45, 2.75) is 0 Å². The molecule has 0 amide bonds. The van der Waals surface area contributed by atoms with E-state index in [1.165, 1.54) is 19.0 Å². The van der Waals surface area contributed by atoms with Gasteiger partial charge in [0, 0.05) is 0 Å². The number of nitrogens with two attached hydrogens (primary N) is 2. The Kier molecular flexibility index (Phi) is 5.14. The lowest BCUT2D eigenvalue weighted by atomic mass is 11.1. The van der Waals surface area contributed by atoms with E-state index in [1.807, 2.05) is 0 Å². The Morgan fingerprint density at radius 3 is 1.12 bits per heavy atom. The maximum absolute atomic E-state index is 4.00. The third-order valence-electron chi connectivity index (χ3n) is 0.400. The molecule has 0 aliphatic heterocycles. The van der Waals surface area contributed by atoms with Crippen molar-refractivity contribution in [1.29, 1.82) is 0 Å². The Hall–Kier alpha value is -1.07. The van der Waals surface area contributed by atoms with Gasteiger partial charge in [-0.1, -0.05) is 0 Å². The minimum Gasteiger partial charge on any atom is -0.274 e. The van der Waals surface area contributed by atoms with E-state index in [0.29, 0.717) is 0 Å². The van der Waals surface area contributed by atoms with Gasteiger partial charge in [0.05, 0.1) is 0 Å². The summed E-state index contributed by atoms with van der Waals surface area (Å²) < 4.78 is 0. The zero-order valence-corrected chi connectivity index (χ0v) is 4.23. The summed E-state index contributed by atoms with van der Waals surface area (Å²) >= 11 is 0. The van der Waals surface area contributed by atoms with E-state index < -0.39 is 0 Å². The van der Waals surface area contributed by atoms with Gasteiger partial charge < -0.3 is 0 Å². The van der Waals surface area contributed by atoms with Gasteiger partial charge in [0.2, 0.25) is 0 Å². The second kappa shape index (κ2) is 5.93. The Morgan fingerprint density at radius 1 is 0.750 bits per heavy atom. The molecule has 0 saturated carbocycles. The predicted octanol–water partition coefficient (Wildman–Crippen LogP) is -1.31. The third-order valence-corrected chi connectivity index (χ3v) is 0.400. The van der Waals surface area contributed by atoms with Crippen LogP contribution in [0.2, 0.25) is 0 Å². The maximum atomic E-state index is 4.00. The molecule has 0 aliphatic carbocycles. The topological polar surface area (TPSA) is 90.7 Å². The lowest BCUT2D eigenvalue weighted by molar-refractivity contribution is 1.05. The maximum Gasteiger partial charge on any atom is 0.119 e. The fourth-order valence-electron chi connectivity index (χ4n) is 0.205. The molecule has 44 valence electrons. The first-order valence-corrected chi connectivity index (χ1v) is 1.88. The van der Waals surface area contributed by atoms with E-state index in [0.717, 1.165) is 0 Å². The SMILES string of the molecule is NN.c1ncncn1. The first-order valence-electron chi connectivity index (χ1n) is 1.88. The summed E-state index contributed by atoms with van der Waals surface area (Å²) in [6.07, 6.45) is 4.31. The Bertz CT molecular complexity index is 79.6. The minimum absolute atomic E-state index is 1.44. The van der Waals surface area contributed by atoms with E-state index in [2.05, 4.69) is 26.6 Å². The van der Waals surface area contributed by atoms with E-state index >= 15 is 0 Å². The largest absolute Gasteiger partial charge is 0.274 e. The highest BCUT2D eigenvalue weighted by Crippen LogP contribution is 1.57. The van der Waals surface area contributed by atoms with E-state index in [-0.39, 0.29) is 0 Å². The Balaban J connectivity index is 0.000000222. The zero-order valence-electron chi connectivity index (χ0n) is 4.23. The van der Waals surface area contributed by atoms with Crippen molar-refractivity contribution >= 4 is 0 Å². The first-order chi connectivity index (χ1) is 4.00. The Morgan fingerprint density at radius 2 is 1.00 bits per heavy atom. The van der Waals surface area contributed by atoms with E-state index in [1.54, 1.807) is 0 Å². The number of rotatable bonds is 0. The molecule has 8 heavy (non-hydrogen) atoms. The summed E-state index contributed by atoms with van der Waals surface area (Å²) in [7, 11) is 0. The quantitative estimate of drug-likeness (QED) is 0.322. The lowest BCUT2D eigenvalue weighted by Crippen LogP contribution is -2.02. The molecule has 0 saturated heterocycles. The van der Waals surface area contributed by atoms with Gasteiger partial charge in [-0.05, 0) is 0 Å². The zero-order chi connectivity index (χ0) is 6.24. The molecule has 0 spiro atoms. The molecule has 0 atom stereocenters. The summed E-state index contributed by atoms with van der Waals surface area (Å²) in [5, 5.41) is 0. The van der Waals surface area contributed by atoms with Crippen LogP contribution < -0.4 is 11.7 Å². The van der Waals surface area contributed by atoms with Crippen LogP contribution in [-0.4, -0.2) is 15.0 Å². The first kappa shape index (κ1) is 6.93. The van der Waals surface area contributed by atoms with Crippen molar-refractivity contribution in [1.82, 2.24) is 15.0 Å². The van der Waals surface area contributed by atoms with Crippen molar-refractivity contribution in [3.63, 3.8) is 0 Å². The van der Waals surface area contributed by atoms with Gasteiger partial charge >= 0.3 is 0 Å². The third kappa shape index (κ3) is 3.13. The number of hydrogen-bond acceptors (Lipinski definition) is 5. The molecule has 0 unspecified atom stereocenters. The van der Waals surface area contributed by atoms with Gasteiger partial charge in [0.25, 0.3) is 0 Å². The predicted molar refractivity (Wildman–Crippen MR) is 28.2 cm³/mol. The fraction of sp³-hybridized carbons (Fsp3) is 0.